The maximum Gasteiger partial charge on any atom is 0.0949 e. The molecule has 4 nitrogen and oxygen atoms in total. The molecule has 0 radical (unpaired) electrons. The summed E-state index contributed by atoms with van der Waals surface area (Å²) in [4.78, 5) is 7.34. The number of hydrogen-bond donors (Lipinski definition) is 2. The van der Waals surface area contributed by atoms with E-state index in [4.69, 9.17) is 5.73 Å². The zero-order valence-corrected chi connectivity index (χ0v) is 10.1. The fraction of sp³-hybridized carbons (Fsp3) is 0.214. The van der Waals surface area contributed by atoms with E-state index in [1.807, 2.05) is 12.5 Å². The third-order valence-corrected chi connectivity index (χ3v) is 3.17. The van der Waals surface area contributed by atoms with Gasteiger partial charge in [-0.3, -0.25) is 0 Å². The Morgan fingerprint density at radius 3 is 3.06 bits per heavy atom. The first-order chi connectivity index (χ1) is 8.86. The van der Waals surface area contributed by atoms with E-state index in [0.29, 0.717) is 6.54 Å². The SMILES string of the molecule is NCCc1c[nH]c2ccc(Cn3ccnc3)cc12. The average Bonchev–Trinajstić information content (AvgIpc) is 3.00. The van der Waals surface area contributed by atoms with Crippen molar-refractivity contribution in [3.05, 3.63) is 54.2 Å². The molecule has 92 valence electrons. The molecule has 0 bridgehead atoms. The number of aromatic amines is 1. The van der Waals surface area contributed by atoms with Gasteiger partial charge in [-0.15, -0.1) is 0 Å². The standard InChI is InChI=1S/C14H16N4/c15-4-3-12-8-17-14-2-1-11(7-13(12)14)9-18-6-5-16-10-18/h1-2,5-8,10,17H,3-4,9,15H2. The van der Waals surface area contributed by atoms with Crippen LogP contribution in [0.15, 0.2) is 43.1 Å². The van der Waals surface area contributed by atoms with Gasteiger partial charge in [-0.1, -0.05) is 6.07 Å². The molecule has 2 aromatic heterocycles. The van der Waals surface area contributed by atoms with Crippen LogP contribution in [0.3, 0.4) is 0 Å². The number of nitrogens with two attached hydrogens (primary N) is 1. The summed E-state index contributed by atoms with van der Waals surface area (Å²) in [7, 11) is 0. The van der Waals surface area contributed by atoms with Gasteiger partial charge in [0, 0.05) is 36.0 Å². The number of hydrogen-bond acceptors (Lipinski definition) is 2. The van der Waals surface area contributed by atoms with Crippen LogP contribution in [0.1, 0.15) is 11.1 Å². The highest BCUT2D eigenvalue weighted by atomic mass is 15.0. The smallest absolute Gasteiger partial charge is 0.0949 e. The molecule has 0 saturated carbocycles. The largest absolute Gasteiger partial charge is 0.361 e. The topological polar surface area (TPSA) is 59.6 Å². The number of rotatable bonds is 4. The van der Waals surface area contributed by atoms with Crippen molar-refractivity contribution in [1.29, 1.82) is 0 Å². The van der Waals surface area contributed by atoms with Crippen LogP contribution in [-0.2, 0) is 13.0 Å². The van der Waals surface area contributed by atoms with Crippen molar-refractivity contribution in [3.8, 4) is 0 Å². The molecule has 3 N–H and O–H groups in total. The fourth-order valence-electron chi connectivity index (χ4n) is 2.28. The lowest BCUT2D eigenvalue weighted by molar-refractivity contribution is 0.798. The second-order valence-electron chi connectivity index (χ2n) is 4.47. The molecular formula is C14H16N4. The molecule has 2 heterocycles. The Labute approximate surface area is 105 Å². The van der Waals surface area contributed by atoms with Gasteiger partial charge in [-0.05, 0) is 36.2 Å². The van der Waals surface area contributed by atoms with Crippen molar-refractivity contribution in [2.75, 3.05) is 6.54 Å². The first kappa shape index (κ1) is 11.0. The molecule has 4 heteroatoms. The maximum absolute atomic E-state index is 5.63. The molecule has 18 heavy (non-hydrogen) atoms. The predicted molar refractivity (Wildman–Crippen MR) is 72.4 cm³/mol. The number of H-pyrrole nitrogens is 1. The zero-order valence-electron chi connectivity index (χ0n) is 10.1. The fourth-order valence-corrected chi connectivity index (χ4v) is 2.28. The van der Waals surface area contributed by atoms with Crippen molar-refractivity contribution in [1.82, 2.24) is 14.5 Å². The summed E-state index contributed by atoms with van der Waals surface area (Å²) in [6.45, 7) is 1.53. The molecule has 0 amide bonds. The summed E-state index contributed by atoms with van der Waals surface area (Å²) >= 11 is 0. The molecule has 0 saturated heterocycles. The highest BCUT2D eigenvalue weighted by Gasteiger charge is 2.04. The minimum absolute atomic E-state index is 0.679. The molecule has 0 aliphatic rings. The number of fused-ring (bicyclic) bond motifs is 1. The van der Waals surface area contributed by atoms with E-state index in [2.05, 4.69) is 38.9 Å². The van der Waals surface area contributed by atoms with E-state index >= 15 is 0 Å². The van der Waals surface area contributed by atoms with Gasteiger partial charge in [0.05, 0.1) is 6.33 Å². The first-order valence-corrected chi connectivity index (χ1v) is 6.11. The normalized spacial score (nSPS) is 11.2. The predicted octanol–water partition coefficient (Wildman–Crippen LogP) is 1.91. The number of benzene rings is 1. The summed E-state index contributed by atoms with van der Waals surface area (Å²) < 4.78 is 2.07. The molecule has 0 spiro atoms. The zero-order chi connectivity index (χ0) is 12.4. The number of nitrogens with zero attached hydrogens (tertiary/aromatic N) is 2. The average molecular weight is 240 g/mol. The van der Waals surface area contributed by atoms with Crippen LogP contribution >= 0.6 is 0 Å². The minimum atomic E-state index is 0.679. The Balaban J connectivity index is 1.96. The first-order valence-electron chi connectivity index (χ1n) is 6.11. The van der Waals surface area contributed by atoms with E-state index in [1.165, 1.54) is 22.0 Å². The van der Waals surface area contributed by atoms with E-state index in [-0.39, 0.29) is 0 Å². The lowest BCUT2D eigenvalue weighted by atomic mass is 10.1. The lowest BCUT2D eigenvalue weighted by Gasteiger charge is -2.04. The van der Waals surface area contributed by atoms with Gasteiger partial charge in [0.2, 0.25) is 0 Å². The second-order valence-corrected chi connectivity index (χ2v) is 4.47. The van der Waals surface area contributed by atoms with Crippen LogP contribution in [-0.4, -0.2) is 21.1 Å². The summed E-state index contributed by atoms with van der Waals surface area (Å²) in [5, 5.41) is 1.28. The van der Waals surface area contributed by atoms with Crippen molar-refractivity contribution < 1.29 is 0 Å². The summed E-state index contributed by atoms with van der Waals surface area (Å²) in [5.41, 5.74) is 9.37. The molecule has 3 aromatic rings. The molecule has 3 rings (SSSR count). The van der Waals surface area contributed by atoms with Crippen molar-refractivity contribution in [2.45, 2.75) is 13.0 Å². The van der Waals surface area contributed by atoms with Crippen LogP contribution in [0, 0.1) is 0 Å². The van der Waals surface area contributed by atoms with Gasteiger partial charge >= 0.3 is 0 Å². The minimum Gasteiger partial charge on any atom is -0.361 e. The van der Waals surface area contributed by atoms with E-state index in [9.17, 15) is 0 Å². The van der Waals surface area contributed by atoms with Crippen molar-refractivity contribution in [3.63, 3.8) is 0 Å². The second kappa shape index (κ2) is 4.66. The third kappa shape index (κ3) is 2.02. The van der Waals surface area contributed by atoms with Gasteiger partial charge < -0.3 is 15.3 Å². The highest BCUT2D eigenvalue weighted by molar-refractivity contribution is 5.83. The van der Waals surface area contributed by atoms with E-state index in [0.717, 1.165) is 13.0 Å². The number of imidazole rings is 1. The lowest BCUT2D eigenvalue weighted by Crippen LogP contribution is -2.02. The van der Waals surface area contributed by atoms with Crippen LogP contribution in [0.25, 0.3) is 10.9 Å². The molecule has 0 aliphatic carbocycles. The summed E-state index contributed by atoms with van der Waals surface area (Å²) in [5.74, 6) is 0. The van der Waals surface area contributed by atoms with Crippen molar-refractivity contribution >= 4 is 10.9 Å². The molecule has 0 unspecified atom stereocenters. The Hall–Kier alpha value is -2.07. The van der Waals surface area contributed by atoms with Crippen LogP contribution in [0.5, 0.6) is 0 Å². The van der Waals surface area contributed by atoms with Gasteiger partial charge in [0.15, 0.2) is 0 Å². The Bertz CT molecular complexity index is 637. The molecule has 1 aromatic carbocycles. The summed E-state index contributed by atoms with van der Waals surface area (Å²) in [6, 6.07) is 6.50. The van der Waals surface area contributed by atoms with E-state index in [1.54, 1.807) is 6.20 Å². The highest BCUT2D eigenvalue weighted by Crippen LogP contribution is 2.20. The molecule has 0 aliphatic heterocycles. The quantitative estimate of drug-likeness (QED) is 0.732. The van der Waals surface area contributed by atoms with Gasteiger partial charge in [-0.25, -0.2) is 4.98 Å². The monoisotopic (exact) mass is 240 g/mol. The van der Waals surface area contributed by atoms with Crippen LogP contribution < -0.4 is 5.73 Å². The summed E-state index contributed by atoms with van der Waals surface area (Å²) in [6.07, 6.45) is 8.58. The van der Waals surface area contributed by atoms with Gasteiger partial charge in [0.1, 0.15) is 0 Å². The van der Waals surface area contributed by atoms with E-state index < -0.39 is 0 Å². The van der Waals surface area contributed by atoms with Gasteiger partial charge in [0.25, 0.3) is 0 Å². The van der Waals surface area contributed by atoms with Crippen LogP contribution in [0.4, 0.5) is 0 Å². The maximum atomic E-state index is 5.63. The third-order valence-electron chi connectivity index (χ3n) is 3.17. The molecular weight excluding hydrogens is 224 g/mol. The molecule has 0 atom stereocenters. The molecule has 0 fully saturated rings. The van der Waals surface area contributed by atoms with Crippen molar-refractivity contribution in [2.24, 2.45) is 5.73 Å². The van der Waals surface area contributed by atoms with Crippen LogP contribution in [0.2, 0.25) is 0 Å². The van der Waals surface area contributed by atoms with Gasteiger partial charge in [-0.2, -0.15) is 0 Å². The number of nitrogens with one attached hydrogen (secondary N) is 1. The Morgan fingerprint density at radius 1 is 1.33 bits per heavy atom. The Morgan fingerprint density at radius 2 is 2.28 bits per heavy atom. The Kier molecular flexibility index (Phi) is 2.86. The number of aromatic nitrogens is 3.